The van der Waals surface area contributed by atoms with E-state index in [1.54, 1.807) is 29.1 Å². The van der Waals surface area contributed by atoms with Gasteiger partial charge in [-0.2, -0.15) is 0 Å². The van der Waals surface area contributed by atoms with Gasteiger partial charge in [-0.3, -0.25) is 4.79 Å². The summed E-state index contributed by atoms with van der Waals surface area (Å²) in [4.78, 5) is 12.1. The Morgan fingerprint density at radius 1 is 1.21 bits per heavy atom. The van der Waals surface area contributed by atoms with E-state index in [1.807, 2.05) is 13.1 Å². The van der Waals surface area contributed by atoms with Crippen molar-refractivity contribution in [1.29, 1.82) is 0 Å². The highest BCUT2D eigenvalue weighted by Gasteiger charge is 2.11. The minimum absolute atomic E-state index is 0.0111. The number of nitrogens with zero attached hydrogens (tertiary/aromatic N) is 3. The van der Waals surface area contributed by atoms with Crippen LogP contribution in [-0.2, 0) is 18.3 Å². The second-order valence-electron chi connectivity index (χ2n) is 5.31. The zero-order chi connectivity index (χ0) is 17.1. The lowest BCUT2D eigenvalue weighted by molar-refractivity contribution is -0.115. The Morgan fingerprint density at radius 3 is 2.79 bits per heavy atom. The molecule has 0 radical (unpaired) electrons. The maximum Gasteiger partial charge on any atom is 0.228 e. The number of carbonyl (C=O) groups excluding carboxylic acids is 1. The van der Waals surface area contributed by atoms with Crippen molar-refractivity contribution in [1.82, 2.24) is 14.8 Å². The summed E-state index contributed by atoms with van der Waals surface area (Å²) in [5.41, 5.74) is 1.33. The minimum Gasteiger partial charge on any atom is -0.326 e. The smallest absolute Gasteiger partial charge is 0.228 e. The van der Waals surface area contributed by atoms with E-state index in [1.165, 1.54) is 0 Å². The van der Waals surface area contributed by atoms with Crippen molar-refractivity contribution in [2.45, 2.75) is 6.42 Å². The first-order valence-corrected chi connectivity index (χ1v) is 7.21. The normalized spacial score (nSPS) is 10.6. The Morgan fingerprint density at radius 2 is 2.04 bits per heavy atom. The fraction of sp³-hybridized carbons (Fsp3) is 0.118. The van der Waals surface area contributed by atoms with Crippen LogP contribution in [0.3, 0.4) is 0 Å². The quantitative estimate of drug-likeness (QED) is 0.801. The van der Waals surface area contributed by atoms with Crippen LogP contribution in [0.2, 0.25) is 0 Å². The molecule has 0 spiro atoms. The predicted molar refractivity (Wildman–Crippen MR) is 85.1 cm³/mol. The molecular formula is C17H14F2N4O. The molecule has 0 bridgehead atoms. The summed E-state index contributed by atoms with van der Waals surface area (Å²) in [5.74, 6) is -0.972. The summed E-state index contributed by atoms with van der Waals surface area (Å²) in [6.45, 7) is 0. The molecule has 0 unspecified atom stereocenters. The van der Waals surface area contributed by atoms with Crippen LogP contribution in [0.1, 0.15) is 5.56 Å². The number of halogens is 2. The molecule has 0 aliphatic rings. The average Bonchev–Trinajstić information content (AvgIpc) is 2.97. The third kappa shape index (κ3) is 3.45. The summed E-state index contributed by atoms with van der Waals surface area (Å²) in [7, 11) is 1.81. The number of carbonyl (C=O) groups is 1. The van der Waals surface area contributed by atoms with Crippen molar-refractivity contribution in [3.8, 4) is 11.4 Å². The topological polar surface area (TPSA) is 59.8 Å². The summed E-state index contributed by atoms with van der Waals surface area (Å²) in [5, 5.41) is 10.5. The number of anilines is 1. The van der Waals surface area contributed by atoms with Gasteiger partial charge in [0.25, 0.3) is 0 Å². The Balaban J connectivity index is 1.75. The Bertz CT molecular complexity index is 892. The van der Waals surface area contributed by atoms with E-state index in [-0.39, 0.29) is 12.0 Å². The van der Waals surface area contributed by atoms with Crippen LogP contribution in [-0.4, -0.2) is 20.7 Å². The zero-order valence-electron chi connectivity index (χ0n) is 12.8. The first-order valence-electron chi connectivity index (χ1n) is 7.21. The maximum absolute atomic E-state index is 13.6. The molecule has 0 atom stereocenters. The van der Waals surface area contributed by atoms with E-state index in [9.17, 15) is 13.6 Å². The third-order valence-electron chi connectivity index (χ3n) is 3.47. The number of nitrogens with one attached hydrogen (secondary N) is 1. The molecule has 3 rings (SSSR count). The van der Waals surface area contributed by atoms with Crippen molar-refractivity contribution in [2.24, 2.45) is 7.05 Å². The molecule has 1 aromatic heterocycles. The molecule has 5 nitrogen and oxygen atoms in total. The number of hydrogen-bond donors (Lipinski definition) is 1. The van der Waals surface area contributed by atoms with Gasteiger partial charge < -0.3 is 9.88 Å². The van der Waals surface area contributed by atoms with Gasteiger partial charge in [-0.25, -0.2) is 8.78 Å². The molecule has 0 saturated heterocycles. The first kappa shape index (κ1) is 15.8. The Kier molecular flexibility index (Phi) is 4.33. The van der Waals surface area contributed by atoms with Gasteiger partial charge in [-0.15, -0.1) is 10.2 Å². The highest BCUT2D eigenvalue weighted by Crippen LogP contribution is 2.20. The number of aryl methyl sites for hydroxylation is 1. The lowest BCUT2D eigenvalue weighted by Gasteiger charge is -2.08. The van der Waals surface area contributed by atoms with Crippen molar-refractivity contribution in [3.05, 3.63) is 66.0 Å². The van der Waals surface area contributed by atoms with Crippen LogP contribution in [0.15, 0.2) is 48.8 Å². The number of aromatic nitrogens is 3. The highest BCUT2D eigenvalue weighted by molar-refractivity contribution is 5.92. The fourth-order valence-corrected chi connectivity index (χ4v) is 2.34. The van der Waals surface area contributed by atoms with Gasteiger partial charge in [0, 0.05) is 23.9 Å². The summed E-state index contributed by atoms with van der Waals surface area (Å²) < 4.78 is 28.5. The van der Waals surface area contributed by atoms with E-state index < -0.39 is 17.5 Å². The molecule has 1 N–H and O–H groups in total. The highest BCUT2D eigenvalue weighted by atomic mass is 19.1. The van der Waals surface area contributed by atoms with Gasteiger partial charge in [0.05, 0.1) is 6.42 Å². The second kappa shape index (κ2) is 6.57. The standard InChI is InChI=1S/C17H14F2N4O/c1-23-10-20-22-17(23)11-3-2-4-14(8-11)21-16(24)9-12-7-13(18)5-6-15(12)19/h2-8,10H,9H2,1H3,(H,21,24). The number of amides is 1. The predicted octanol–water partition coefficient (Wildman–Crippen LogP) is 2.94. The molecule has 1 amide bonds. The average molecular weight is 328 g/mol. The van der Waals surface area contributed by atoms with E-state index in [4.69, 9.17) is 0 Å². The van der Waals surface area contributed by atoms with Crippen LogP contribution in [0, 0.1) is 11.6 Å². The van der Waals surface area contributed by atoms with Crippen molar-refractivity contribution in [2.75, 3.05) is 5.32 Å². The lowest BCUT2D eigenvalue weighted by Crippen LogP contribution is -2.15. The molecule has 0 fully saturated rings. The third-order valence-corrected chi connectivity index (χ3v) is 3.47. The molecule has 122 valence electrons. The van der Waals surface area contributed by atoms with Crippen LogP contribution >= 0.6 is 0 Å². The van der Waals surface area contributed by atoms with E-state index in [0.717, 1.165) is 23.8 Å². The van der Waals surface area contributed by atoms with E-state index >= 15 is 0 Å². The summed E-state index contributed by atoms with van der Waals surface area (Å²) >= 11 is 0. The Hall–Kier alpha value is -3.09. The number of benzene rings is 2. The SMILES string of the molecule is Cn1cnnc1-c1cccc(NC(=O)Cc2cc(F)ccc2F)c1. The number of hydrogen-bond acceptors (Lipinski definition) is 3. The van der Waals surface area contributed by atoms with Gasteiger partial charge in [0.1, 0.15) is 18.0 Å². The molecule has 1 heterocycles. The molecule has 0 saturated carbocycles. The van der Waals surface area contributed by atoms with Crippen LogP contribution in [0.4, 0.5) is 14.5 Å². The van der Waals surface area contributed by atoms with Gasteiger partial charge in [-0.1, -0.05) is 12.1 Å². The van der Waals surface area contributed by atoms with Gasteiger partial charge >= 0.3 is 0 Å². The molecule has 24 heavy (non-hydrogen) atoms. The Labute approximate surface area is 137 Å². The monoisotopic (exact) mass is 328 g/mol. The fourth-order valence-electron chi connectivity index (χ4n) is 2.34. The number of rotatable bonds is 4. The largest absolute Gasteiger partial charge is 0.326 e. The van der Waals surface area contributed by atoms with Crippen molar-refractivity contribution >= 4 is 11.6 Å². The van der Waals surface area contributed by atoms with Crippen molar-refractivity contribution in [3.63, 3.8) is 0 Å². The van der Waals surface area contributed by atoms with E-state index in [2.05, 4.69) is 15.5 Å². The molecule has 3 aromatic rings. The van der Waals surface area contributed by atoms with Crippen LogP contribution < -0.4 is 5.32 Å². The van der Waals surface area contributed by atoms with E-state index in [0.29, 0.717) is 11.5 Å². The van der Waals surface area contributed by atoms with Gasteiger partial charge in [0.15, 0.2) is 5.82 Å². The molecule has 0 aliphatic carbocycles. The molecule has 0 aliphatic heterocycles. The minimum atomic E-state index is -0.612. The van der Waals surface area contributed by atoms with Crippen molar-refractivity contribution < 1.29 is 13.6 Å². The maximum atomic E-state index is 13.6. The van der Waals surface area contributed by atoms with Gasteiger partial charge in [-0.05, 0) is 30.3 Å². The first-order chi connectivity index (χ1) is 11.5. The second-order valence-corrected chi connectivity index (χ2v) is 5.31. The summed E-state index contributed by atoms with van der Waals surface area (Å²) in [6, 6.07) is 10.1. The van der Waals surface area contributed by atoms with Crippen LogP contribution in [0.5, 0.6) is 0 Å². The zero-order valence-corrected chi connectivity index (χ0v) is 12.8. The molecule has 7 heteroatoms. The lowest BCUT2D eigenvalue weighted by atomic mass is 10.1. The molecular weight excluding hydrogens is 314 g/mol. The van der Waals surface area contributed by atoms with Crippen LogP contribution in [0.25, 0.3) is 11.4 Å². The molecule has 2 aromatic carbocycles. The van der Waals surface area contributed by atoms with Gasteiger partial charge in [0.2, 0.25) is 5.91 Å². The summed E-state index contributed by atoms with van der Waals surface area (Å²) in [6.07, 6.45) is 1.32.